The fourth-order valence-electron chi connectivity index (χ4n) is 2.88. The second-order valence-electron chi connectivity index (χ2n) is 6.40. The van der Waals surface area contributed by atoms with Gasteiger partial charge in [-0.05, 0) is 31.2 Å². The Bertz CT molecular complexity index is 871. The Morgan fingerprint density at radius 2 is 2.07 bits per heavy atom. The molecular weight excluding hydrogens is 501 g/mol. The number of thiophene rings is 1. The van der Waals surface area contributed by atoms with Crippen LogP contribution in [0.1, 0.15) is 56.7 Å². The molecule has 2 N–H and O–H groups in total. The molecule has 3 rings (SSSR count). The molecule has 0 saturated carbocycles. The summed E-state index contributed by atoms with van der Waals surface area (Å²) in [7, 11) is 0. The van der Waals surface area contributed by atoms with E-state index in [0.29, 0.717) is 30.9 Å². The largest absolute Gasteiger partial charge is 0.443 e. The molecule has 3 heterocycles. The molecule has 0 atom stereocenters. The summed E-state index contributed by atoms with van der Waals surface area (Å²) in [5.41, 5.74) is 1.81. The molecule has 0 unspecified atom stereocenters. The van der Waals surface area contributed by atoms with Crippen LogP contribution in [0.5, 0.6) is 0 Å². The third kappa shape index (κ3) is 6.56. The summed E-state index contributed by atoms with van der Waals surface area (Å²) in [4.78, 5) is 10.1. The standard InChI is InChI=1S/C20H27N5O2S.HI/c1-4-14(5-2)17-10-16(27-25-17)12-23-20(21-6-3)22-11-15-13-26-19(24-15)18-8-7-9-28-18;/h7-10,13-14H,4-6,11-12H2,1-3H3,(H2,21,22,23);1H. The Balaban J connectivity index is 0.00000300. The fourth-order valence-corrected chi connectivity index (χ4v) is 3.53. The predicted molar refractivity (Wildman–Crippen MR) is 127 cm³/mol. The molecule has 0 aromatic carbocycles. The van der Waals surface area contributed by atoms with Crippen molar-refractivity contribution in [1.82, 2.24) is 20.8 Å². The number of halogens is 1. The lowest BCUT2D eigenvalue weighted by Crippen LogP contribution is -2.36. The van der Waals surface area contributed by atoms with E-state index < -0.39 is 0 Å². The maximum atomic E-state index is 5.54. The van der Waals surface area contributed by atoms with Crippen LogP contribution in [0, 0.1) is 0 Å². The lowest BCUT2D eigenvalue weighted by Gasteiger charge is -2.09. The number of rotatable bonds is 9. The third-order valence-electron chi connectivity index (χ3n) is 4.44. The zero-order valence-electron chi connectivity index (χ0n) is 17.0. The quantitative estimate of drug-likeness (QED) is 0.226. The predicted octanol–water partition coefficient (Wildman–Crippen LogP) is 5.17. The van der Waals surface area contributed by atoms with Crippen LogP contribution < -0.4 is 10.6 Å². The molecule has 0 aliphatic carbocycles. The summed E-state index contributed by atoms with van der Waals surface area (Å²) in [5, 5.41) is 12.7. The van der Waals surface area contributed by atoms with Crippen LogP contribution in [0.25, 0.3) is 10.8 Å². The third-order valence-corrected chi connectivity index (χ3v) is 5.30. The molecule has 3 aromatic heterocycles. The minimum Gasteiger partial charge on any atom is -0.443 e. The van der Waals surface area contributed by atoms with Crippen molar-refractivity contribution in [3.8, 4) is 10.8 Å². The van der Waals surface area contributed by atoms with Crippen molar-refractivity contribution < 1.29 is 8.94 Å². The average molecular weight is 529 g/mol. The van der Waals surface area contributed by atoms with Crippen LogP contribution in [0.15, 0.2) is 43.8 Å². The number of guanidine groups is 1. The topological polar surface area (TPSA) is 88.5 Å². The number of hydrogen-bond donors (Lipinski definition) is 2. The van der Waals surface area contributed by atoms with Gasteiger partial charge in [-0.1, -0.05) is 25.1 Å². The summed E-state index contributed by atoms with van der Waals surface area (Å²) in [6.07, 6.45) is 3.77. The van der Waals surface area contributed by atoms with Crippen LogP contribution in [0.2, 0.25) is 0 Å². The second-order valence-corrected chi connectivity index (χ2v) is 7.35. The molecule has 158 valence electrons. The van der Waals surface area contributed by atoms with Gasteiger partial charge >= 0.3 is 0 Å². The first-order valence-electron chi connectivity index (χ1n) is 9.69. The normalized spacial score (nSPS) is 11.5. The van der Waals surface area contributed by atoms with E-state index in [1.54, 1.807) is 17.6 Å². The van der Waals surface area contributed by atoms with Gasteiger partial charge in [-0.15, -0.1) is 35.3 Å². The highest BCUT2D eigenvalue weighted by Gasteiger charge is 2.13. The molecule has 3 aromatic rings. The molecule has 0 aliphatic heterocycles. The fraction of sp³-hybridized carbons (Fsp3) is 0.450. The molecule has 0 saturated heterocycles. The van der Waals surface area contributed by atoms with E-state index in [1.807, 2.05) is 30.5 Å². The van der Waals surface area contributed by atoms with Gasteiger partial charge in [0.1, 0.15) is 12.0 Å². The van der Waals surface area contributed by atoms with Crippen molar-refractivity contribution in [2.75, 3.05) is 6.54 Å². The Hall–Kier alpha value is -1.88. The molecule has 0 fully saturated rings. The van der Waals surface area contributed by atoms with E-state index in [1.165, 1.54) is 0 Å². The van der Waals surface area contributed by atoms with Crippen molar-refractivity contribution in [1.29, 1.82) is 0 Å². The minimum absolute atomic E-state index is 0. The number of aromatic nitrogens is 2. The Kier molecular flexibility index (Phi) is 9.65. The number of nitrogens with zero attached hydrogens (tertiary/aromatic N) is 3. The summed E-state index contributed by atoms with van der Waals surface area (Å²) < 4.78 is 11.0. The summed E-state index contributed by atoms with van der Waals surface area (Å²) in [5.74, 6) is 2.58. The highest BCUT2D eigenvalue weighted by molar-refractivity contribution is 14.0. The van der Waals surface area contributed by atoms with Gasteiger partial charge in [-0.25, -0.2) is 9.98 Å². The molecule has 0 aliphatic rings. The minimum atomic E-state index is 0. The monoisotopic (exact) mass is 529 g/mol. The second kappa shape index (κ2) is 12.0. The maximum absolute atomic E-state index is 5.54. The van der Waals surface area contributed by atoms with Gasteiger partial charge in [0.2, 0.25) is 5.89 Å². The zero-order valence-corrected chi connectivity index (χ0v) is 20.1. The van der Waals surface area contributed by atoms with Gasteiger partial charge in [0, 0.05) is 18.5 Å². The highest BCUT2D eigenvalue weighted by atomic mass is 127. The van der Waals surface area contributed by atoms with Gasteiger partial charge in [0.15, 0.2) is 11.7 Å². The first-order chi connectivity index (χ1) is 13.7. The molecule has 0 bridgehead atoms. The molecule has 9 heteroatoms. The van der Waals surface area contributed by atoms with Crippen molar-refractivity contribution in [3.05, 3.63) is 47.0 Å². The molecule has 0 spiro atoms. The van der Waals surface area contributed by atoms with E-state index >= 15 is 0 Å². The highest BCUT2D eigenvalue weighted by Crippen LogP contribution is 2.24. The number of oxazole rings is 1. The summed E-state index contributed by atoms with van der Waals surface area (Å²) in [6.45, 7) is 8.09. The molecule has 29 heavy (non-hydrogen) atoms. The summed E-state index contributed by atoms with van der Waals surface area (Å²) >= 11 is 1.60. The number of aliphatic imine (C=N–C) groups is 1. The first kappa shape index (κ1) is 23.4. The Labute approximate surface area is 192 Å². The summed E-state index contributed by atoms with van der Waals surface area (Å²) in [6, 6.07) is 6.00. The zero-order chi connectivity index (χ0) is 19.8. The van der Waals surface area contributed by atoms with E-state index in [2.05, 4.69) is 39.6 Å². The van der Waals surface area contributed by atoms with Gasteiger partial charge in [0.25, 0.3) is 0 Å². The van der Waals surface area contributed by atoms with E-state index in [4.69, 9.17) is 8.94 Å². The number of hydrogen-bond acceptors (Lipinski definition) is 6. The SMILES string of the molecule is CCNC(=NCc1coc(-c2cccs2)n1)NCc1cc(C(CC)CC)no1.I. The van der Waals surface area contributed by atoms with Crippen LogP contribution >= 0.6 is 35.3 Å². The van der Waals surface area contributed by atoms with Crippen LogP contribution in [0.3, 0.4) is 0 Å². The van der Waals surface area contributed by atoms with Gasteiger partial charge in [0.05, 0.1) is 23.7 Å². The van der Waals surface area contributed by atoms with Gasteiger partial charge < -0.3 is 19.6 Å². The van der Waals surface area contributed by atoms with Crippen LogP contribution in [0.4, 0.5) is 0 Å². The Morgan fingerprint density at radius 1 is 1.24 bits per heavy atom. The van der Waals surface area contributed by atoms with Crippen LogP contribution in [-0.4, -0.2) is 22.6 Å². The molecule has 0 radical (unpaired) electrons. The number of nitrogens with one attached hydrogen (secondary N) is 2. The van der Waals surface area contributed by atoms with Crippen molar-refractivity contribution >= 4 is 41.3 Å². The molecular formula is C20H28IN5O2S. The van der Waals surface area contributed by atoms with Crippen molar-refractivity contribution in [2.24, 2.45) is 4.99 Å². The lowest BCUT2D eigenvalue weighted by molar-refractivity contribution is 0.368. The Morgan fingerprint density at radius 3 is 2.76 bits per heavy atom. The lowest BCUT2D eigenvalue weighted by atomic mass is 9.99. The molecule has 7 nitrogen and oxygen atoms in total. The smallest absolute Gasteiger partial charge is 0.236 e. The van der Waals surface area contributed by atoms with Gasteiger partial charge in [-0.3, -0.25) is 0 Å². The van der Waals surface area contributed by atoms with E-state index in [9.17, 15) is 0 Å². The van der Waals surface area contributed by atoms with Crippen molar-refractivity contribution in [2.45, 2.75) is 52.6 Å². The first-order valence-corrected chi connectivity index (χ1v) is 10.6. The van der Waals surface area contributed by atoms with Gasteiger partial charge in [-0.2, -0.15) is 0 Å². The van der Waals surface area contributed by atoms with E-state index in [-0.39, 0.29) is 24.0 Å². The van der Waals surface area contributed by atoms with Crippen LogP contribution in [-0.2, 0) is 13.1 Å². The average Bonchev–Trinajstić information content (AvgIpc) is 3.46. The molecule has 0 amide bonds. The van der Waals surface area contributed by atoms with E-state index in [0.717, 1.165) is 41.4 Å². The maximum Gasteiger partial charge on any atom is 0.236 e. The van der Waals surface area contributed by atoms with Crippen molar-refractivity contribution in [3.63, 3.8) is 0 Å².